The highest BCUT2D eigenvalue weighted by Gasteiger charge is 2.19. The fraction of sp³-hybridized carbons (Fsp3) is 0.750. The van der Waals surface area contributed by atoms with Crippen LogP contribution in [0, 0.1) is 5.92 Å². The molecular formula is C12H21N3O2. The molecule has 0 saturated carbocycles. The Balaban J connectivity index is 1.82. The summed E-state index contributed by atoms with van der Waals surface area (Å²) in [5, 5.41) is 3.37. The lowest BCUT2D eigenvalue weighted by Gasteiger charge is -2.20. The van der Waals surface area contributed by atoms with E-state index in [2.05, 4.69) is 29.1 Å². The molecule has 0 aliphatic carbocycles. The number of aromatic nitrogens is 2. The van der Waals surface area contributed by atoms with Crippen LogP contribution in [0.15, 0.2) is 6.20 Å². The molecule has 1 atom stereocenters. The van der Waals surface area contributed by atoms with Crippen LogP contribution < -0.4 is 5.32 Å². The van der Waals surface area contributed by atoms with Crippen molar-refractivity contribution in [1.29, 1.82) is 0 Å². The van der Waals surface area contributed by atoms with Gasteiger partial charge in [0.1, 0.15) is 11.9 Å². The number of hydrogen-bond acceptors (Lipinski definition) is 4. The molecule has 1 aromatic rings. The Bertz CT molecular complexity index is 332. The molecule has 1 aromatic heterocycles. The Kier molecular flexibility index (Phi) is 4.53. The molecule has 2 N–H and O–H groups in total. The number of H-pyrrole nitrogens is 1. The van der Waals surface area contributed by atoms with Crippen molar-refractivity contribution >= 4 is 0 Å². The van der Waals surface area contributed by atoms with Gasteiger partial charge in [-0.2, -0.15) is 0 Å². The van der Waals surface area contributed by atoms with Crippen LogP contribution >= 0.6 is 0 Å². The first kappa shape index (κ1) is 12.5. The molecule has 96 valence electrons. The van der Waals surface area contributed by atoms with E-state index in [0.29, 0.717) is 25.7 Å². The minimum atomic E-state index is -0.0393. The van der Waals surface area contributed by atoms with E-state index in [9.17, 15) is 0 Å². The zero-order chi connectivity index (χ0) is 12.1. The van der Waals surface area contributed by atoms with Gasteiger partial charge in [0.15, 0.2) is 0 Å². The summed E-state index contributed by atoms with van der Waals surface area (Å²) < 4.78 is 10.9. The number of nitrogens with one attached hydrogen (secondary N) is 2. The Morgan fingerprint density at radius 1 is 1.53 bits per heavy atom. The number of rotatable bonds is 5. The number of aromatic amines is 1. The molecule has 5 nitrogen and oxygen atoms in total. The van der Waals surface area contributed by atoms with Crippen molar-refractivity contribution in [1.82, 2.24) is 15.3 Å². The molecule has 1 unspecified atom stereocenters. The summed E-state index contributed by atoms with van der Waals surface area (Å²) in [5.41, 5.74) is 1.09. The molecule has 1 aliphatic heterocycles. The molecule has 2 heterocycles. The summed E-state index contributed by atoms with van der Waals surface area (Å²) in [5.74, 6) is 1.53. The average molecular weight is 239 g/mol. The standard InChI is InChI=1S/C12H21N3O2/c1-9(2)5-13-6-10-7-14-12(15-10)11-8-16-3-4-17-11/h7,9,11,13H,3-6,8H2,1-2H3,(H,14,15). The van der Waals surface area contributed by atoms with Gasteiger partial charge in [0, 0.05) is 18.4 Å². The van der Waals surface area contributed by atoms with Crippen LogP contribution in [0.2, 0.25) is 0 Å². The summed E-state index contributed by atoms with van der Waals surface area (Å²) >= 11 is 0. The number of hydrogen-bond donors (Lipinski definition) is 2. The smallest absolute Gasteiger partial charge is 0.138 e. The largest absolute Gasteiger partial charge is 0.376 e. The molecule has 2 rings (SSSR count). The van der Waals surface area contributed by atoms with Gasteiger partial charge in [-0.3, -0.25) is 0 Å². The molecule has 5 heteroatoms. The second kappa shape index (κ2) is 6.14. The van der Waals surface area contributed by atoms with Crippen LogP contribution in [0.3, 0.4) is 0 Å². The number of ether oxygens (including phenoxy) is 2. The van der Waals surface area contributed by atoms with E-state index < -0.39 is 0 Å². The lowest BCUT2D eigenvalue weighted by molar-refractivity contribution is -0.0932. The number of imidazole rings is 1. The Morgan fingerprint density at radius 3 is 3.12 bits per heavy atom. The lowest BCUT2D eigenvalue weighted by atomic mass is 10.2. The van der Waals surface area contributed by atoms with E-state index in [0.717, 1.165) is 24.6 Å². The molecule has 1 aliphatic rings. The third kappa shape index (κ3) is 3.80. The zero-order valence-electron chi connectivity index (χ0n) is 10.5. The van der Waals surface area contributed by atoms with Gasteiger partial charge >= 0.3 is 0 Å². The van der Waals surface area contributed by atoms with Crippen LogP contribution in [0.25, 0.3) is 0 Å². The Morgan fingerprint density at radius 2 is 2.41 bits per heavy atom. The van der Waals surface area contributed by atoms with Gasteiger partial charge in [0.05, 0.1) is 19.8 Å². The monoisotopic (exact) mass is 239 g/mol. The first-order valence-electron chi connectivity index (χ1n) is 6.19. The SMILES string of the molecule is CC(C)CNCc1cnc(C2COCCO2)[nH]1. The molecule has 0 spiro atoms. The maximum Gasteiger partial charge on any atom is 0.138 e. The summed E-state index contributed by atoms with van der Waals surface area (Å²) in [7, 11) is 0. The Labute approximate surface area is 102 Å². The van der Waals surface area contributed by atoms with Crippen molar-refractivity contribution < 1.29 is 9.47 Å². The highest BCUT2D eigenvalue weighted by atomic mass is 16.6. The van der Waals surface area contributed by atoms with E-state index >= 15 is 0 Å². The first-order valence-corrected chi connectivity index (χ1v) is 6.19. The molecule has 17 heavy (non-hydrogen) atoms. The molecule has 1 saturated heterocycles. The molecular weight excluding hydrogens is 218 g/mol. The third-order valence-electron chi connectivity index (χ3n) is 2.64. The van der Waals surface area contributed by atoms with E-state index in [1.165, 1.54) is 0 Å². The molecule has 0 amide bonds. The van der Waals surface area contributed by atoms with Crippen molar-refractivity contribution in [2.75, 3.05) is 26.4 Å². The van der Waals surface area contributed by atoms with Gasteiger partial charge in [-0.1, -0.05) is 13.8 Å². The average Bonchev–Trinajstić information content (AvgIpc) is 2.78. The molecule has 0 aromatic carbocycles. The predicted octanol–water partition coefficient (Wildman–Crippen LogP) is 1.24. The molecule has 1 fully saturated rings. The van der Waals surface area contributed by atoms with Crippen molar-refractivity contribution in [3.05, 3.63) is 17.7 Å². The van der Waals surface area contributed by atoms with Crippen LogP contribution in [-0.4, -0.2) is 36.3 Å². The fourth-order valence-electron chi connectivity index (χ4n) is 1.77. The van der Waals surface area contributed by atoms with E-state index in [-0.39, 0.29) is 6.10 Å². The highest BCUT2D eigenvalue weighted by molar-refractivity contribution is 5.04. The van der Waals surface area contributed by atoms with Gasteiger partial charge in [0.2, 0.25) is 0 Å². The van der Waals surface area contributed by atoms with Gasteiger partial charge in [-0.05, 0) is 12.5 Å². The minimum Gasteiger partial charge on any atom is -0.376 e. The maximum absolute atomic E-state index is 5.58. The van der Waals surface area contributed by atoms with Crippen LogP contribution in [0.4, 0.5) is 0 Å². The van der Waals surface area contributed by atoms with Crippen molar-refractivity contribution in [3.8, 4) is 0 Å². The van der Waals surface area contributed by atoms with Gasteiger partial charge in [0.25, 0.3) is 0 Å². The van der Waals surface area contributed by atoms with E-state index in [1.54, 1.807) is 0 Å². The quantitative estimate of drug-likeness (QED) is 0.811. The van der Waals surface area contributed by atoms with Crippen LogP contribution in [0.1, 0.15) is 31.5 Å². The summed E-state index contributed by atoms with van der Waals surface area (Å²) in [6, 6.07) is 0. The van der Waals surface area contributed by atoms with Crippen LogP contribution in [-0.2, 0) is 16.0 Å². The first-order chi connectivity index (χ1) is 8.25. The maximum atomic E-state index is 5.58. The summed E-state index contributed by atoms with van der Waals surface area (Å²) in [4.78, 5) is 7.62. The lowest BCUT2D eigenvalue weighted by Crippen LogP contribution is -2.23. The molecule has 0 bridgehead atoms. The van der Waals surface area contributed by atoms with E-state index in [1.807, 2.05) is 6.20 Å². The van der Waals surface area contributed by atoms with Gasteiger partial charge in [-0.25, -0.2) is 4.98 Å². The topological polar surface area (TPSA) is 59.2 Å². The summed E-state index contributed by atoms with van der Waals surface area (Å²) in [6.45, 7) is 8.13. The minimum absolute atomic E-state index is 0.0393. The fourth-order valence-corrected chi connectivity index (χ4v) is 1.77. The zero-order valence-corrected chi connectivity index (χ0v) is 10.5. The van der Waals surface area contributed by atoms with Gasteiger partial charge < -0.3 is 19.8 Å². The van der Waals surface area contributed by atoms with E-state index in [4.69, 9.17) is 9.47 Å². The third-order valence-corrected chi connectivity index (χ3v) is 2.64. The van der Waals surface area contributed by atoms with Crippen LogP contribution in [0.5, 0.6) is 0 Å². The highest BCUT2D eigenvalue weighted by Crippen LogP contribution is 2.17. The summed E-state index contributed by atoms with van der Waals surface area (Å²) in [6.07, 6.45) is 1.82. The van der Waals surface area contributed by atoms with Crippen molar-refractivity contribution in [2.24, 2.45) is 5.92 Å². The van der Waals surface area contributed by atoms with Crippen molar-refractivity contribution in [2.45, 2.75) is 26.5 Å². The Hall–Kier alpha value is -0.910. The second-order valence-corrected chi connectivity index (χ2v) is 4.75. The predicted molar refractivity (Wildman–Crippen MR) is 64.6 cm³/mol. The van der Waals surface area contributed by atoms with Gasteiger partial charge in [-0.15, -0.1) is 0 Å². The molecule has 0 radical (unpaired) electrons. The normalized spacial score (nSPS) is 21.0. The number of nitrogens with zero attached hydrogens (tertiary/aromatic N) is 1. The second-order valence-electron chi connectivity index (χ2n) is 4.75. The van der Waals surface area contributed by atoms with Crippen molar-refractivity contribution in [3.63, 3.8) is 0 Å².